The third kappa shape index (κ3) is 4.80. The average Bonchev–Trinajstić information content (AvgIpc) is 2.94. The van der Waals surface area contributed by atoms with Crippen molar-refractivity contribution in [2.45, 2.75) is 19.3 Å². The van der Waals surface area contributed by atoms with E-state index < -0.39 is 0 Å². The number of benzene rings is 4. The number of hydrogen-bond acceptors (Lipinski definition) is 4. The Morgan fingerprint density at radius 2 is 0.974 bits per heavy atom. The molecule has 0 atom stereocenters. The van der Waals surface area contributed by atoms with Gasteiger partial charge in [0.1, 0.15) is 0 Å². The molecule has 0 unspecified atom stereocenters. The van der Waals surface area contributed by atoms with Gasteiger partial charge < -0.3 is 20.6 Å². The normalized spacial score (nSPS) is 11.3. The molecule has 6 aromatic rings. The maximum absolute atomic E-state index is 12.8. The van der Waals surface area contributed by atoms with Gasteiger partial charge in [-0.25, -0.2) is 0 Å². The molecule has 0 aliphatic heterocycles. The van der Waals surface area contributed by atoms with E-state index >= 15 is 0 Å². The molecule has 2 heterocycles. The van der Waals surface area contributed by atoms with Gasteiger partial charge in [0.05, 0.1) is 31.4 Å². The molecular weight excluding hydrogens is 525 g/mol. The summed E-state index contributed by atoms with van der Waals surface area (Å²) in [5.41, 5.74) is 4.72. The summed E-state index contributed by atoms with van der Waals surface area (Å²) in [6, 6.07) is 27.0. The van der Waals surface area contributed by atoms with E-state index in [1.807, 2.05) is 84.9 Å². The minimum Gasteiger partial charge on any atom is -0.353 e. The van der Waals surface area contributed by atoms with Crippen molar-refractivity contribution < 1.29 is 9.59 Å². The molecule has 0 radical (unpaired) electrons. The molecule has 8 heteroatoms. The van der Waals surface area contributed by atoms with Crippen LogP contribution in [0.2, 0.25) is 0 Å². The fourth-order valence-electron chi connectivity index (χ4n) is 4.94. The van der Waals surface area contributed by atoms with Crippen LogP contribution in [0, 0.1) is 9.02 Å². The Hall–Kier alpha value is -4.40. The number of carbonyl (C=O) groups is 2. The fourth-order valence-corrected chi connectivity index (χ4v) is 5.63. The van der Waals surface area contributed by atoms with Gasteiger partial charge in [0.2, 0.25) is 11.8 Å². The monoisotopic (exact) mass is 548 g/mol. The number of aromatic nitrogens is 2. The second-order valence-electron chi connectivity index (χ2n) is 9.41. The average molecular weight is 549 g/mol. The molecule has 6 nitrogen and oxygen atoms in total. The molecule has 0 spiro atoms. The summed E-state index contributed by atoms with van der Waals surface area (Å²) in [6.07, 6.45) is 0.826. The number of hydrogen-bond donors (Lipinski definition) is 4. The molecule has 0 fully saturated rings. The number of aromatic amines is 2. The molecule has 39 heavy (non-hydrogen) atoms. The van der Waals surface area contributed by atoms with Crippen molar-refractivity contribution in [3.63, 3.8) is 0 Å². The van der Waals surface area contributed by atoms with Crippen molar-refractivity contribution in [3.05, 3.63) is 93.9 Å². The number of H-pyrrole nitrogens is 2. The third-order valence-corrected chi connectivity index (χ3v) is 7.72. The quantitative estimate of drug-likeness (QED) is 0.125. The first-order chi connectivity index (χ1) is 19.0. The summed E-state index contributed by atoms with van der Waals surface area (Å²) in [4.78, 5) is 32.4. The second-order valence-corrected chi connectivity index (χ2v) is 10.2. The second kappa shape index (κ2) is 10.4. The van der Waals surface area contributed by atoms with E-state index in [9.17, 15) is 9.59 Å². The lowest BCUT2D eigenvalue weighted by Crippen LogP contribution is -2.15. The van der Waals surface area contributed by atoms with E-state index in [0.29, 0.717) is 17.8 Å². The number of amides is 2. The maximum Gasteiger partial charge on any atom is 0.224 e. The molecular formula is C31H24N4O2S2. The molecule has 2 amide bonds. The summed E-state index contributed by atoms with van der Waals surface area (Å²) in [5.74, 6) is -0.327. The number of pyridine rings is 2. The highest BCUT2D eigenvalue weighted by molar-refractivity contribution is 7.72. The van der Waals surface area contributed by atoms with Gasteiger partial charge in [0.15, 0.2) is 0 Å². The Balaban J connectivity index is 1.13. The molecule has 0 aliphatic rings. The molecule has 0 bridgehead atoms. The Morgan fingerprint density at radius 1 is 0.564 bits per heavy atom. The Kier molecular flexibility index (Phi) is 6.64. The molecule has 2 aromatic heterocycles. The van der Waals surface area contributed by atoms with Crippen molar-refractivity contribution in [3.8, 4) is 0 Å². The SMILES string of the molecule is O=C(CCCC(=O)Nc1cccc2c(=S)c3ccccc3[nH]c12)Nc1cccc2c(=S)c3ccccc3[nH]c12. The van der Waals surface area contributed by atoms with Gasteiger partial charge in [-0.1, -0.05) is 85.1 Å². The summed E-state index contributed by atoms with van der Waals surface area (Å²) >= 11 is 11.4. The molecule has 0 saturated heterocycles. The zero-order chi connectivity index (χ0) is 26.9. The van der Waals surface area contributed by atoms with Gasteiger partial charge in [0, 0.05) is 45.4 Å². The lowest BCUT2D eigenvalue weighted by molar-refractivity contribution is -0.117. The van der Waals surface area contributed by atoms with Crippen molar-refractivity contribution in [2.24, 2.45) is 0 Å². The Labute approximate surface area is 234 Å². The van der Waals surface area contributed by atoms with Crippen LogP contribution in [-0.2, 0) is 9.59 Å². The molecule has 6 rings (SSSR count). The highest BCUT2D eigenvalue weighted by Crippen LogP contribution is 2.29. The standard InChI is InChI=1S/C31H24N4O2S2/c36-26(32-24-14-5-10-20-28(24)34-22-12-3-1-8-18(22)30(20)38)16-7-17-27(37)33-25-15-6-11-21-29(25)35-23-13-4-2-9-19(23)31(21)39/h1-6,8-15H,7,16-17H2,(H,32,36)(H,33,37)(H,34,38)(H,35,39). The van der Waals surface area contributed by atoms with Crippen LogP contribution < -0.4 is 10.6 Å². The van der Waals surface area contributed by atoms with E-state index in [-0.39, 0.29) is 24.7 Å². The van der Waals surface area contributed by atoms with E-state index in [4.69, 9.17) is 24.4 Å². The topological polar surface area (TPSA) is 89.8 Å². The van der Waals surface area contributed by atoms with Crippen LogP contribution in [0.1, 0.15) is 19.3 Å². The summed E-state index contributed by atoms with van der Waals surface area (Å²) in [6.45, 7) is 0. The van der Waals surface area contributed by atoms with Gasteiger partial charge in [-0.15, -0.1) is 0 Å². The van der Waals surface area contributed by atoms with E-state index in [0.717, 1.165) is 52.6 Å². The largest absolute Gasteiger partial charge is 0.353 e. The first kappa shape index (κ1) is 24.9. The van der Waals surface area contributed by atoms with Crippen molar-refractivity contribution in [1.82, 2.24) is 9.97 Å². The number of nitrogens with one attached hydrogen (secondary N) is 4. The first-order valence-corrected chi connectivity index (χ1v) is 13.5. The van der Waals surface area contributed by atoms with Crippen LogP contribution in [0.3, 0.4) is 0 Å². The Morgan fingerprint density at radius 3 is 1.44 bits per heavy atom. The van der Waals surface area contributed by atoms with Gasteiger partial charge in [-0.2, -0.15) is 0 Å². The summed E-state index contributed by atoms with van der Waals surface area (Å²) in [5, 5.41) is 9.66. The number of fused-ring (bicyclic) bond motifs is 4. The molecule has 4 aromatic carbocycles. The van der Waals surface area contributed by atoms with Crippen LogP contribution in [0.4, 0.5) is 11.4 Å². The van der Waals surface area contributed by atoms with E-state index in [1.54, 1.807) is 0 Å². The first-order valence-electron chi connectivity index (χ1n) is 12.7. The lowest BCUT2D eigenvalue weighted by Gasteiger charge is -2.12. The Bertz CT molecular complexity index is 1900. The van der Waals surface area contributed by atoms with Gasteiger partial charge in [-0.05, 0) is 30.7 Å². The van der Waals surface area contributed by atoms with E-state index in [1.165, 1.54) is 0 Å². The van der Waals surface area contributed by atoms with Gasteiger partial charge in [0.25, 0.3) is 0 Å². The van der Waals surface area contributed by atoms with Gasteiger partial charge >= 0.3 is 0 Å². The highest BCUT2D eigenvalue weighted by atomic mass is 32.1. The predicted octanol–water partition coefficient (Wildman–Crippen LogP) is 8.16. The number of rotatable bonds is 6. The highest BCUT2D eigenvalue weighted by Gasteiger charge is 2.12. The minimum absolute atomic E-state index is 0.163. The summed E-state index contributed by atoms with van der Waals surface area (Å²) < 4.78 is 1.49. The van der Waals surface area contributed by atoms with Crippen LogP contribution in [-0.4, -0.2) is 21.8 Å². The fraction of sp³-hybridized carbons (Fsp3) is 0.0968. The molecule has 0 aliphatic carbocycles. The zero-order valence-corrected chi connectivity index (χ0v) is 22.5. The smallest absolute Gasteiger partial charge is 0.224 e. The van der Waals surface area contributed by atoms with Crippen molar-refractivity contribution in [2.75, 3.05) is 10.6 Å². The summed E-state index contributed by atoms with van der Waals surface area (Å²) in [7, 11) is 0. The van der Waals surface area contributed by atoms with Crippen molar-refractivity contribution in [1.29, 1.82) is 0 Å². The van der Waals surface area contributed by atoms with Crippen LogP contribution in [0.25, 0.3) is 43.6 Å². The number of anilines is 2. The van der Waals surface area contributed by atoms with Gasteiger partial charge in [-0.3, -0.25) is 9.59 Å². The molecule has 192 valence electrons. The minimum atomic E-state index is -0.163. The number of carbonyl (C=O) groups excluding carboxylic acids is 2. The molecule has 0 saturated carbocycles. The molecule has 4 N–H and O–H groups in total. The van der Waals surface area contributed by atoms with Crippen molar-refractivity contribution >= 4 is 91.2 Å². The van der Waals surface area contributed by atoms with Crippen LogP contribution in [0.15, 0.2) is 84.9 Å². The third-order valence-electron chi connectivity index (χ3n) is 6.84. The predicted molar refractivity (Wildman–Crippen MR) is 164 cm³/mol. The number of para-hydroxylation sites is 4. The van der Waals surface area contributed by atoms with Crippen LogP contribution in [0.5, 0.6) is 0 Å². The maximum atomic E-state index is 12.8. The van der Waals surface area contributed by atoms with E-state index in [2.05, 4.69) is 20.6 Å². The lowest BCUT2D eigenvalue weighted by atomic mass is 10.1. The van der Waals surface area contributed by atoms with Crippen LogP contribution >= 0.6 is 24.4 Å². The zero-order valence-electron chi connectivity index (χ0n) is 20.8.